The van der Waals surface area contributed by atoms with Crippen LogP contribution in [-0.4, -0.2) is 42.9 Å². The van der Waals surface area contributed by atoms with Crippen molar-refractivity contribution in [2.24, 2.45) is 0 Å². The molecule has 0 atom stereocenters. The van der Waals surface area contributed by atoms with E-state index in [1.165, 1.54) is 6.08 Å². The molecule has 1 aromatic heterocycles. The first-order valence-corrected chi connectivity index (χ1v) is 12.8. The van der Waals surface area contributed by atoms with Crippen LogP contribution in [0.15, 0.2) is 59.0 Å². The summed E-state index contributed by atoms with van der Waals surface area (Å²) in [6.45, 7) is 4.80. The average molecular weight is 547 g/mol. The van der Waals surface area contributed by atoms with E-state index in [2.05, 4.69) is 10.2 Å². The van der Waals surface area contributed by atoms with Gasteiger partial charge in [-0.25, -0.2) is 0 Å². The molecule has 0 spiro atoms. The maximum atomic E-state index is 12.4. The third-order valence-corrected chi connectivity index (χ3v) is 7.02. The van der Waals surface area contributed by atoms with E-state index in [1.54, 1.807) is 36.4 Å². The zero-order chi connectivity index (χ0) is 25.7. The van der Waals surface area contributed by atoms with E-state index < -0.39 is 0 Å². The Morgan fingerprint density at radius 3 is 2.50 bits per heavy atom. The van der Waals surface area contributed by atoms with Crippen LogP contribution in [0, 0.1) is 0 Å². The molecule has 0 aliphatic carbocycles. The number of furan rings is 1. The van der Waals surface area contributed by atoms with Crippen molar-refractivity contribution >= 4 is 64.1 Å². The van der Waals surface area contributed by atoms with Gasteiger partial charge in [-0.2, -0.15) is 0 Å². The summed E-state index contributed by atoms with van der Waals surface area (Å²) < 4.78 is 5.78. The Labute approximate surface area is 225 Å². The molecule has 4 rings (SSSR count). The zero-order valence-electron chi connectivity index (χ0n) is 19.8. The summed E-state index contributed by atoms with van der Waals surface area (Å²) in [5.74, 6) is 0.940. The lowest BCUT2D eigenvalue weighted by atomic mass is 10.2. The minimum absolute atomic E-state index is 0.202. The number of piperazine rings is 1. The number of halogens is 3. The molecule has 1 aliphatic rings. The van der Waals surface area contributed by atoms with Crippen LogP contribution >= 0.6 is 34.8 Å². The number of benzene rings is 2. The molecule has 1 fully saturated rings. The number of nitrogens with zero attached hydrogens (tertiary/aromatic N) is 2. The fourth-order valence-corrected chi connectivity index (χ4v) is 4.73. The molecule has 188 valence electrons. The van der Waals surface area contributed by atoms with Gasteiger partial charge in [0.2, 0.25) is 11.8 Å². The molecular weight excluding hydrogens is 521 g/mol. The number of carbonyl (C=O) groups is 2. The molecule has 2 amide bonds. The molecule has 1 aliphatic heterocycles. The molecule has 2 aromatic carbocycles. The van der Waals surface area contributed by atoms with Crippen LogP contribution in [-0.2, 0) is 9.59 Å². The Morgan fingerprint density at radius 2 is 1.78 bits per heavy atom. The van der Waals surface area contributed by atoms with Crippen molar-refractivity contribution < 1.29 is 14.0 Å². The van der Waals surface area contributed by atoms with Crippen molar-refractivity contribution in [1.29, 1.82) is 0 Å². The van der Waals surface area contributed by atoms with Gasteiger partial charge in [-0.3, -0.25) is 9.59 Å². The van der Waals surface area contributed by atoms with Crippen LogP contribution < -0.4 is 10.2 Å². The summed E-state index contributed by atoms with van der Waals surface area (Å²) in [7, 11) is 0. The first-order chi connectivity index (χ1) is 17.4. The molecule has 36 heavy (non-hydrogen) atoms. The number of hydrogen-bond acceptors (Lipinski definition) is 4. The lowest BCUT2D eigenvalue weighted by molar-refractivity contribution is -0.131. The zero-order valence-corrected chi connectivity index (χ0v) is 22.0. The Morgan fingerprint density at radius 1 is 1.00 bits per heavy atom. The third-order valence-electron chi connectivity index (χ3n) is 5.89. The molecule has 0 unspecified atom stereocenters. The minimum Gasteiger partial charge on any atom is -0.457 e. The molecule has 1 N–H and O–H groups in total. The van der Waals surface area contributed by atoms with E-state index in [9.17, 15) is 9.59 Å². The van der Waals surface area contributed by atoms with Gasteiger partial charge in [-0.05, 0) is 55.0 Å². The number of carbonyl (C=O) groups excluding carboxylic acids is 2. The topological polar surface area (TPSA) is 65.8 Å². The Kier molecular flexibility index (Phi) is 8.62. The van der Waals surface area contributed by atoms with E-state index in [0.29, 0.717) is 57.3 Å². The van der Waals surface area contributed by atoms with E-state index >= 15 is 0 Å². The second-order valence-electron chi connectivity index (χ2n) is 8.41. The number of hydrogen-bond donors (Lipinski definition) is 1. The first kappa shape index (κ1) is 26.1. The first-order valence-electron chi connectivity index (χ1n) is 11.7. The molecular formula is C27H26Cl3N3O3. The average Bonchev–Trinajstić information content (AvgIpc) is 3.34. The van der Waals surface area contributed by atoms with Gasteiger partial charge in [-0.1, -0.05) is 47.8 Å². The smallest absolute Gasteiger partial charge is 0.248 e. The second kappa shape index (κ2) is 11.9. The predicted molar refractivity (Wildman–Crippen MR) is 147 cm³/mol. The molecule has 0 saturated carbocycles. The molecule has 0 bridgehead atoms. The van der Waals surface area contributed by atoms with Crippen LogP contribution in [0.4, 0.5) is 11.4 Å². The predicted octanol–water partition coefficient (Wildman–Crippen LogP) is 7.01. The minimum atomic E-state index is -0.319. The van der Waals surface area contributed by atoms with Crippen LogP contribution in [0.25, 0.3) is 17.4 Å². The van der Waals surface area contributed by atoms with E-state index in [1.807, 2.05) is 30.0 Å². The normalized spacial score (nSPS) is 13.9. The summed E-state index contributed by atoms with van der Waals surface area (Å²) in [5, 5.41) is 4.21. The number of rotatable bonds is 7. The van der Waals surface area contributed by atoms with Crippen molar-refractivity contribution in [2.75, 3.05) is 36.4 Å². The highest BCUT2D eigenvalue weighted by Gasteiger charge is 2.22. The lowest BCUT2D eigenvalue weighted by Gasteiger charge is -2.36. The summed E-state index contributed by atoms with van der Waals surface area (Å²) >= 11 is 18.9. The van der Waals surface area contributed by atoms with Crippen molar-refractivity contribution in [2.45, 2.75) is 19.8 Å². The van der Waals surface area contributed by atoms with Gasteiger partial charge in [-0.15, -0.1) is 0 Å². The summed E-state index contributed by atoms with van der Waals surface area (Å²) in [4.78, 5) is 28.6. The number of amides is 2. The number of anilines is 2. The van der Waals surface area contributed by atoms with Gasteiger partial charge in [0.15, 0.2) is 0 Å². The Balaban J connectivity index is 1.34. The Hall–Kier alpha value is -2.93. The Bertz CT molecular complexity index is 1280. The lowest BCUT2D eigenvalue weighted by Crippen LogP contribution is -2.48. The molecule has 6 nitrogen and oxygen atoms in total. The van der Waals surface area contributed by atoms with Crippen molar-refractivity contribution in [3.8, 4) is 11.3 Å². The summed E-state index contributed by atoms with van der Waals surface area (Å²) in [6, 6.07) is 14.3. The molecule has 3 aromatic rings. The van der Waals surface area contributed by atoms with Crippen LogP contribution in [0.5, 0.6) is 0 Å². The number of nitrogens with one attached hydrogen (secondary N) is 1. The fourth-order valence-electron chi connectivity index (χ4n) is 4.03. The molecule has 1 saturated heterocycles. The van der Waals surface area contributed by atoms with Crippen LogP contribution in [0.2, 0.25) is 15.1 Å². The van der Waals surface area contributed by atoms with Gasteiger partial charge in [0.05, 0.1) is 20.8 Å². The van der Waals surface area contributed by atoms with Gasteiger partial charge in [0.25, 0.3) is 0 Å². The highest BCUT2D eigenvalue weighted by molar-refractivity contribution is 6.43. The van der Waals surface area contributed by atoms with E-state index in [4.69, 9.17) is 39.2 Å². The maximum Gasteiger partial charge on any atom is 0.248 e. The summed E-state index contributed by atoms with van der Waals surface area (Å²) in [6.07, 6.45) is 4.40. The SMILES string of the molecule is CCCC(=O)N1CCN(c2ccc(NC(=O)C=Cc3ccc(-c4cccc(Cl)c4Cl)o3)cc2Cl)CC1. The van der Waals surface area contributed by atoms with Crippen molar-refractivity contribution in [3.05, 3.63) is 75.4 Å². The van der Waals surface area contributed by atoms with E-state index in [0.717, 1.165) is 25.2 Å². The fraction of sp³-hybridized carbons (Fsp3) is 0.259. The monoisotopic (exact) mass is 545 g/mol. The second-order valence-corrected chi connectivity index (χ2v) is 9.60. The van der Waals surface area contributed by atoms with Crippen LogP contribution in [0.3, 0.4) is 0 Å². The standard InChI is InChI=1S/C27H26Cl3N3O3/c1-2-4-26(35)33-15-13-32(14-16-33)23-10-7-18(17-22(23)29)31-25(34)12-9-19-8-11-24(36-19)20-5-3-6-21(28)27(20)30/h3,5-12,17H,2,4,13-16H2,1H3,(H,31,34). The third kappa shape index (κ3) is 6.25. The summed E-state index contributed by atoms with van der Waals surface area (Å²) in [5.41, 5.74) is 2.15. The van der Waals surface area contributed by atoms with Gasteiger partial charge in [0, 0.05) is 49.9 Å². The maximum absolute atomic E-state index is 12.4. The van der Waals surface area contributed by atoms with Crippen LogP contribution in [0.1, 0.15) is 25.5 Å². The van der Waals surface area contributed by atoms with Gasteiger partial charge < -0.3 is 19.5 Å². The van der Waals surface area contributed by atoms with Gasteiger partial charge >= 0.3 is 0 Å². The van der Waals surface area contributed by atoms with Crippen molar-refractivity contribution in [3.63, 3.8) is 0 Å². The molecule has 9 heteroatoms. The van der Waals surface area contributed by atoms with Crippen molar-refractivity contribution in [1.82, 2.24) is 4.90 Å². The van der Waals surface area contributed by atoms with E-state index in [-0.39, 0.29) is 11.8 Å². The highest BCUT2D eigenvalue weighted by atomic mass is 35.5. The largest absolute Gasteiger partial charge is 0.457 e. The van der Waals surface area contributed by atoms with Gasteiger partial charge in [0.1, 0.15) is 11.5 Å². The quantitative estimate of drug-likeness (QED) is 0.324. The molecule has 0 radical (unpaired) electrons. The molecule has 2 heterocycles. The highest BCUT2D eigenvalue weighted by Crippen LogP contribution is 2.34.